The number of amides is 1. The Morgan fingerprint density at radius 3 is 2.65 bits per heavy atom. The Hall–Kier alpha value is -0.900. The van der Waals surface area contributed by atoms with Crippen LogP contribution in [0.1, 0.15) is 78.1 Å². The van der Waals surface area contributed by atoms with Gasteiger partial charge in [-0.25, -0.2) is 0 Å². The number of carbonyl (C=O) groups is 2. The monoisotopic (exact) mass is 322 g/mol. The number of carbonyl (C=O) groups excluding carboxylic acids is 2. The molecule has 0 radical (unpaired) electrons. The van der Waals surface area contributed by atoms with E-state index in [9.17, 15) is 9.59 Å². The van der Waals surface area contributed by atoms with Gasteiger partial charge >= 0.3 is 0 Å². The second kappa shape index (κ2) is 7.78. The lowest BCUT2D eigenvalue weighted by Gasteiger charge is -2.21. The topological polar surface area (TPSA) is 72.2 Å². The number of ketones is 1. The second-order valence-corrected chi connectivity index (χ2v) is 8.02. The number of rotatable bonds is 8. The highest BCUT2D eigenvalue weighted by atomic mass is 16.1. The molecule has 132 valence electrons. The van der Waals surface area contributed by atoms with Gasteiger partial charge in [0, 0.05) is 12.0 Å². The van der Waals surface area contributed by atoms with E-state index in [-0.39, 0.29) is 22.7 Å². The summed E-state index contributed by atoms with van der Waals surface area (Å²) < 4.78 is 0. The van der Waals surface area contributed by atoms with Crippen molar-refractivity contribution in [3.63, 3.8) is 0 Å². The van der Waals surface area contributed by atoms with Crippen LogP contribution in [0.5, 0.6) is 0 Å². The van der Waals surface area contributed by atoms with Crippen molar-refractivity contribution >= 4 is 12.2 Å². The molecule has 23 heavy (non-hydrogen) atoms. The molecule has 2 fully saturated rings. The molecule has 4 nitrogen and oxygen atoms in total. The highest BCUT2D eigenvalue weighted by Crippen LogP contribution is 2.73. The SMILES string of the molecule is CC12CCCCCCCC1C2(C)C(=O)C(N)CCCCNC=O. The first-order valence-corrected chi connectivity index (χ1v) is 9.45. The molecule has 0 aromatic carbocycles. The Bertz CT molecular complexity index is 426. The lowest BCUT2D eigenvalue weighted by molar-refractivity contribution is -0.126. The molecule has 4 atom stereocenters. The van der Waals surface area contributed by atoms with Crippen molar-refractivity contribution in [1.82, 2.24) is 5.32 Å². The van der Waals surface area contributed by atoms with Crippen molar-refractivity contribution in [1.29, 1.82) is 0 Å². The van der Waals surface area contributed by atoms with Crippen LogP contribution in [0.3, 0.4) is 0 Å². The third kappa shape index (κ3) is 3.62. The van der Waals surface area contributed by atoms with Crippen molar-refractivity contribution in [2.24, 2.45) is 22.5 Å². The first-order chi connectivity index (χ1) is 11.0. The molecule has 0 spiro atoms. The van der Waals surface area contributed by atoms with Gasteiger partial charge in [0.25, 0.3) is 0 Å². The summed E-state index contributed by atoms with van der Waals surface area (Å²) in [5.74, 6) is 0.817. The molecular weight excluding hydrogens is 288 g/mol. The van der Waals surface area contributed by atoms with Gasteiger partial charge in [0.05, 0.1) is 6.04 Å². The molecule has 2 aliphatic rings. The van der Waals surface area contributed by atoms with Crippen LogP contribution < -0.4 is 11.1 Å². The van der Waals surface area contributed by atoms with E-state index < -0.39 is 0 Å². The fraction of sp³-hybridized carbons (Fsp3) is 0.895. The standard InChI is InChI=1S/C19H34N2O2/c1-18-12-8-5-3-4-6-11-16(18)19(18,2)17(23)15(20)10-7-9-13-21-14-22/h14-16H,3-13,20H2,1-2H3,(H,21,22). The average molecular weight is 322 g/mol. The maximum absolute atomic E-state index is 13.0. The van der Waals surface area contributed by atoms with E-state index in [0.29, 0.717) is 12.5 Å². The maximum atomic E-state index is 13.0. The van der Waals surface area contributed by atoms with Crippen molar-refractivity contribution in [3.8, 4) is 0 Å². The number of unbranched alkanes of at least 4 members (excludes halogenated alkanes) is 1. The van der Waals surface area contributed by atoms with E-state index >= 15 is 0 Å². The summed E-state index contributed by atoms with van der Waals surface area (Å²) >= 11 is 0. The van der Waals surface area contributed by atoms with Crippen LogP contribution in [0.15, 0.2) is 0 Å². The van der Waals surface area contributed by atoms with Gasteiger partial charge in [-0.05, 0) is 43.4 Å². The molecule has 3 N–H and O–H groups in total. The summed E-state index contributed by atoms with van der Waals surface area (Å²) in [6.07, 6.45) is 12.1. The van der Waals surface area contributed by atoms with E-state index in [2.05, 4.69) is 19.2 Å². The Kier molecular flexibility index (Phi) is 6.24. The van der Waals surface area contributed by atoms with Crippen LogP contribution in [0.25, 0.3) is 0 Å². The minimum Gasteiger partial charge on any atom is -0.359 e. The van der Waals surface area contributed by atoms with Crippen LogP contribution in [-0.2, 0) is 9.59 Å². The fourth-order valence-corrected chi connectivity index (χ4v) is 5.02. The van der Waals surface area contributed by atoms with E-state index in [1.54, 1.807) is 0 Å². The molecule has 0 aromatic rings. The Morgan fingerprint density at radius 1 is 1.22 bits per heavy atom. The van der Waals surface area contributed by atoms with Gasteiger partial charge in [0.1, 0.15) is 0 Å². The van der Waals surface area contributed by atoms with E-state index in [1.165, 1.54) is 44.9 Å². The number of fused-ring (bicyclic) bond motifs is 1. The fourth-order valence-electron chi connectivity index (χ4n) is 5.02. The molecule has 4 unspecified atom stereocenters. The zero-order valence-corrected chi connectivity index (χ0v) is 14.9. The normalized spacial score (nSPS) is 35.2. The van der Waals surface area contributed by atoms with Crippen LogP contribution in [0.2, 0.25) is 0 Å². The van der Waals surface area contributed by atoms with E-state index in [0.717, 1.165) is 25.7 Å². The molecule has 2 saturated carbocycles. The predicted molar refractivity (Wildman–Crippen MR) is 92.9 cm³/mol. The van der Waals surface area contributed by atoms with Gasteiger partial charge < -0.3 is 11.1 Å². The second-order valence-electron chi connectivity index (χ2n) is 8.02. The van der Waals surface area contributed by atoms with Gasteiger partial charge in [-0.2, -0.15) is 0 Å². The summed E-state index contributed by atoms with van der Waals surface area (Å²) in [4.78, 5) is 23.3. The summed E-state index contributed by atoms with van der Waals surface area (Å²) in [5.41, 5.74) is 6.21. The van der Waals surface area contributed by atoms with Crippen LogP contribution in [0.4, 0.5) is 0 Å². The molecule has 0 aromatic heterocycles. The summed E-state index contributed by atoms with van der Waals surface area (Å²) in [5, 5.41) is 2.65. The molecule has 0 aliphatic heterocycles. The zero-order valence-electron chi connectivity index (χ0n) is 14.9. The Labute approximate surface area is 141 Å². The number of hydrogen-bond donors (Lipinski definition) is 2. The van der Waals surface area contributed by atoms with Crippen LogP contribution >= 0.6 is 0 Å². The van der Waals surface area contributed by atoms with E-state index in [1.807, 2.05) is 0 Å². The number of Topliss-reactive ketones (excluding diaryl/α,β-unsaturated/α-hetero) is 1. The van der Waals surface area contributed by atoms with Crippen LogP contribution in [-0.4, -0.2) is 24.8 Å². The highest BCUT2D eigenvalue weighted by molar-refractivity contribution is 5.93. The molecule has 0 heterocycles. The smallest absolute Gasteiger partial charge is 0.207 e. The van der Waals surface area contributed by atoms with Gasteiger partial charge in [-0.3, -0.25) is 9.59 Å². The molecule has 4 heteroatoms. The van der Waals surface area contributed by atoms with Crippen LogP contribution in [0, 0.1) is 16.7 Å². The first kappa shape index (κ1) is 18.4. The molecule has 0 saturated heterocycles. The molecule has 2 rings (SSSR count). The first-order valence-electron chi connectivity index (χ1n) is 9.45. The maximum Gasteiger partial charge on any atom is 0.207 e. The third-order valence-corrected chi connectivity index (χ3v) is 6.78. The van der Waals surface area contributed by atoms with Crippen molar-refractivity contribution in [3.05, 3.63) is 0 Å². The summed E-state index contributed by atoms with van der Waals surface area (Å²) in [6, 6.07) is -0.344. The zero-order chi connectivity index (χ0) is 16.9. The molecule has 2 aliphatic carbocycles. The Morgan fingerprint density at radius 2 is 1.91 bits per heavy atom. The van der Waals surface area contributed by atoms with Crippen molar-refractivity contribution in [2.75, 3.05) is 6.54 Å². The largest absolute Gasteiger partial charge is 0.359 e. The van der Waals surface area contributed by atoms with Gasteiger partial charge in [0.2, 0.25) is 6.41 Å². The quantitative estimate of drug-likeness (QED) is 0.532. The minimum atomic E-state index is -0.344. The Balaban J connectivity index is 1.90. The summed E-state index contributed by atoms with van der Waals surface area (Å²) in [7, 11) is 0. The number of nitrogens with one attached hydrogen (secondary N) is 1. The predicted octanol–water partition coefficient (Wildman–Crippen LogP) is 3.19. The highest BCUT2D eigenvalue weighted by Gasteiger charge is 2.73. The number of hydrogen-bond acceptors (Lipinski definition) is 3. The van der Waals surface area contributed by atoms with Gasteiger partial charge in [-0.15, -0.1) is 0 Å². The minimum absolute atomic E-state index is 0.172. The van der Waals surface area contributed by atoms with Gasteiger partial charge in [0.15, 0.2) is 5.78 Å². The van der Waals surface area contributed by atoms with Crippen molar-refractivity contribution < 1.29 is 9.59 Å². The lowest BCUT2D eigenvalue weighted by Crippen LogP contribution is -2.38. The molecule has 1 amide bonds. The van der Waals surface area contributed by atoms with Gasteiger partial charge in [-0.1, -0.05) is 46.0 Å². The van der Waals surface area contributed by atoms with E-state index in [4.69, 9.17) is 5.73 Å². The van der Waals surface area contributed by atoms with Crippen molar-refractivity contribution in [2.45, 2.75) is 84.1 Å². The third-order valence-electron chi connectivity index (χ3n) is 6.78. The lowest BCUT2D eigenvalue weighted by atomic mass is 9.84. The summed E-state index contributed by atoms with van der Waals surface area (Å²) in [6.45, 7) is 5.17. The molecular formula is C19H34N2O2. The number of nitrogens with two attached hydrogens (primary N) is 1. The molecule has 0 bridgehead atoms. The average Bonchev–Trinajstić information content (AvgIpc) is 2.98.